The number of carbonyl (C=O) groups excluding carboxylic acids is 1. The summed E-state index contributed by atoms with van der Waals surface area (Å²) >= 11 is 0. The Balaban J connectivity index is 3.61. The number of ether oxygens (including phenoxy) is 1. The summed E-state index contributed by atoms with van der Waals surface area (Å²) in [7, 11) is 2.18. The zero-order valence-corrected chi connectivity index (χ0v) is 13.1. The Bertz CT molecular complexity index is 197. The van der Waals surface area contributed by atoms with E-state index in [4.69, 9.17) is 9.26 Å². The highest BCUT2D eigenvalue weighted by atomic mass is 31.0. The molecule has 0 aromatic carbocycles. The van der Waals surface area contributed by atoms with Crippen LogP contribution in [0.1, 0.15) is 71.6 Å². The summed E-state index contributed by atoms with van der Waals surface area (Å²) in [6.45, 7) is 4.87. The van der Waals surface area contributed by atoms with Gasteiger partial charge >= 0.3 is 5.97 Å². The monoisotopic (exact) mass is 276 g/mol. The Morgan fingerprint density at radius 2 is 1.61 bits per heavy atom. The quantitative estimate of drug-likeness (QED) is 0.303. The van der Waals surface area contributed by atoms with Gasteiger partial charge in [0.25, 0.3) is 0 Å². The number of carbonyl (C=O) groups is 1. The third-order valence-corrected chi connectivity index (χ3v) is 3.32. The van der Waals surface area contributed by atoms with Gasteiger partial charge in [0.2, 0.25) is 0 Å². The molecular weight excluding hydrogens is 247 g/mol. The molecule has 0 saturated carbocycles. The zero-order chi connectivity index (χ0) is 13.6. The standard InChI is InChI=1S/C14H29O3P/c1-3-5-7-9-11-13(17-18)14(15)16-12-10-8-6-4-2/h13H,3-12,18H2,1-2H3. The molecule has 0 saturated heterocycles. The van der Waals surface area contributed by atoms with Crippen LogP contribution in [-0.2, 0) is 14.1 Å². The second-order valence-corrected chi connectivity index (χ2v) is 4.97. The maximum atomic E-state index is 11.7. The van der Waals surface area contributed by atoms with Gasteiger partial charge in [-0.1, -0.05) is 58.8 Å². The van der Waals surface area contributed by atoms with Crippen molar-refractivity contribution in [1.82, 2.24) is 0 Å². The lowest BCUT2D eigenvalue weighted by Crippen LogP contribution is -2.24. The molecule has 0 aliphatic carbocycles. The molecule has 108 valence electrons. The van der Waals surface area contributed by atoms with Gasteiger partial charge < -0.3 is 9.26 Å². The maximum absolute atomic E-state index is 11.7. The average molecular weight is 276 g/mol. The fraction of sp³-hybridized carbons (Fsp3) is 0.929. The van der Waals surface area contributed by atoms with Gasteiger partial charge in [0.15, 0.2) is 6.10 Å². The molecule has 18 heavy (non-hydrogen) atoms. The van der Waals surface area contributed by atoms with Crippen LogP contribution in [0.15, 0.2) is 0 Å². The number of hydrogen-bond acceptors (Lipinski definition) is 3. The molecule has 0 aliphatic rings. The SMILES string of the molecule is CCCCCCOC(=O)C(CCCCCC)OP. The first kappa shape index (κ1) is 17.9. The van der Waals surface area contributed by atoms with Gasteiger partial charge in [-0.15, -0.1) is 0 Å². The molecule has 0 fully saturated rings. The summed E-state index contributed by atoms with van der Waals surface area (Å²) in [5.41, 5.74) is 0. The number of hydrogen-bond donors (Lipinski definition) is 0. The molecule has 3 nitrogen and oxygen atoms in total. The van der Waals surface area contributed by atoms with Crippen LogP contribution in [0.4, 0.5) is 0 Å². The molecule has 0 amide bonds. The minimum absolute atomic E-state index is 0.210. The highest BCUT2D eigenvalue weighted by Gasteiger charge is 2.18. The van der Waals surface area contributed by atoms with Gasteiger partial charge in [0, 0.05) is 9.47 Å². The second kappa shape index (κ2) is 13.3. The maximum Gasteiger partial charge on any atom is 0.335 e. The third-order valence-electron chi connectivity index (χ3n) is 2.99. The van der Waals surface area contributed by atoms with E-state index >= 15 is 0 Å². The Morgan fingerprint density at radius 3 is 2.17 bits per heavy atom. The molecular formula is C14H29O3P. The van der Waals surface area contributed by atoms with Crippen LogP contribution >= 0.6 is 9.47 Å². The first-order valence-electron chi connectivity index (χ1n) is 7.28. The smallest absolute Gasteiger partial charge is 0.335 e. The summed E-state index contributed by atoms with van der Waals surface area (Å²) in [5, 5.41) is 0. The van der Waals surface area contributed by atoms with E-state index in [-0.39, 0.29) is 5.97 Å². The minimum Gasteiger partial charge on any atom is -0.464 e. The van der Waals surface area contributed by atoms with E-state index in [9.17, 15) is 4.79 Å². The van der Waals surface area contributed by atoms with Crippen LogP contribution in [0.25, 0.3) is 0 Å². The lowest BCUT2D eigenvalue weighted by molar-refractivity contribution is -0.151. The summed E-state index contributed by atoms with van der Waals surface area (Å²) in [5.74, 6) is -0.210. The lowest BCUT2D eigenvalue weighted by atomic mass is 10.1. The van der Waals surface area contributed by atoms with Gasteiger partial charge in [0.1, 0.15) is 0 Å². The molecule has 0 N–H and O–H groups in total. The molecule has 4 heteroatoms. The van der Waals surface area contributed by atoms with Crippen LogP contribution < -0.4 is 0 Å². The van der Waals surface area contributed by atoms with Gasteiger partial charge in [-0.25, -0.2) is 4.79 Å². The molecule has 0 aromatic heterocycles. The summed E-state index contributed by atoms with van der Waals surface area (Å²) in [6.07, 6.45) is 9.45. The molecule has 2 atom stereocenters. The Hall–Kier alpha value is -0.140. The van der Waals surface area contributed by atoms with Crippen molar-refractivity contribution in [3.63, 3.8) is 0 Å². The first-order valence-corrected chi connectivity index (χ1v) is 7.75. The first-order chi connectivity index (χ1) is 8.76. The van der Waals surface area contributed by atoms with E-state index in [1.54, 1.807) is 0 Å². The van der Waals surface area contributed by atoms with E-state index in [2.05, 4.69) is 23.3 Å². The van der Waals surface area contributed by atoms with Crippen molar-refractivity contribution >= 4 is 15.4 Å². The van der Waals surface area contributed by atoms with E-state index in [0.29, 0.717) is 6.61 Å². The fourth-order valence-corrected chi connectivity index (χ4v) is 2.04. The Kier molecular flexibility index (Phi) is 13.2. The summed E-state index contributed by atoms with van der Waals surface area (Å²) < 4.78 is 10.3. The summed E-state index contributed by atoms with van der Waals surface area (Å²) in [6, 6.07) is 0. The average Bonchev–Trinajstić information content (AvgIpc) is 2.38. The highest BCUT2D eigenvalue weighted by molar-refractivity contribution is 7.09. The van der Waals surface area contributed by atoms with E-state index in [0.717, 1.165) is 32.1 Å². The van der Waals surface area contributed by atoms with Crippen molar-refractivity contribution in [2.24, 2.45) is 0 Å². The van der Waals surface area contributed by atoms with Crippen LogP contribution in [0.2, 0.25) is 0 Å². The van der Waals surface area contributed by atoms with Crippen molar-refractivity contribution in [3.05, 3.63) is 0 Å². The molecule has 0 aliphatic heterocycles. The van der Waals surface area contributed by atoms with Crippen LogP contribution in [0.3, 0.4) is 0 Å². The van der Waals surface area contributed by atoms with E-state index in [1.807, 2.05) is 0 Å². The molecule has 0 aromatic rings. The van der Waals surface area contributed by atoms with Gasteiger partial charge in [-0.3, -0.25) is 0 Å². The van der Waals surface area contributed by atoms with Crippen LogP contribution in [0.5, 0.6) is 0 Å². The number of rotatable bonds is 12. The van der Waals surface area contributed by atoms with Crippen LogP contribution in [0, 0.1) is 0 Å². The highest BCUT2D eigenvalue weighted by Crippen LogP contribution is 2.12. The van der Waals surface area contributed by atoms with E-state index < -0.39 is 6.10 Å². The predicted octanol–water partition coefficient (Wildman–Crippen LogP) is 4.26. The topological polar surface area (TPSA) is 35.5 Å². The van der Waals surface area contributed by atoms with Gasteiger partial charge in [-0.2, -0.15) is 0 Å². The number of unbranched alkanes of at least 4 members (excludes halogenated alkanes) is 6. The normalized spacial score (nSPS) is 12.4. The number of esters is 1. The fourth-order valence-electron chi connectivity index (χ4n) is 1.79. The molecule has 0 spiro atoms. The molecule has 0 radical (unpaired) electrons. The van der Waals surface area contributed by atoms with Crippen molar-refractivity contribution in [2.75, 3.05) is 6.61 Å². The Morgan fingerprint density at radius 1 is 1.00 bits per heavy atom. The Labute approximate surface area is 114 Å². The second-order valence-electron chi connectivity index (χ2n) is 4.70. The lowest BCUT2D eigenvalue weighted by Gasteiger charge is -2.14. The van der Waals surface area contributed by atoms with Crippen molar-refractivity contribution in [1.29, 1.82) is 0 Å². The molecule has 0 bridgehead atoms. The van der Waals surface area contributed by atoms with Gasteiger partial charge in [0.05, 0.1) is 6.61 Å². The van der Waals surface area contributed by atoms with Crippen molar-refractivity contribution < 1.29 is 14.1 Å². The molecule has 0 heterocycles. The zero-order valence-electron chi connectivity index (χ0n) is 12.0. The minimum atomic E-state index is -0.405. The predicted molar refractivity (Wildman–Crippen MR) is 78.4 cm³/mol. The molecule has 0 rings (SSSR count). The van der Waals surface area contributed by atoms with Gasteiger partial charge in [-0.05, 0) is 12.8 Å². The van der Waals surface area contributed by atoms with Crippen LogP contribution in [-0.4, -0.2) is 18.7 Å². The largest absolute Gasteiger partial charge is 0.464 e. The third kappa shape index (κ3) is 9.85. The summed E-state index contributed by atoms with van der Waals surface area (Å²) in [4.78, 5) is 11.7. The van der Waals surface area contributed by atoms with E-state index in [1.165, 1.54) is 25.7 Å². The molecule has 2 unspecified atom stereocenters. The van der Waals surface area contributed by atoms with Crippen molar-refractivity contribution in [3.8, 4) is 0 Å². The van der Waals surface area contributed by atoms with Crippen molar-refractivity contribution in [2.45, 2.75) is 77.7 Å².